The molecule has 0 saturated carbocycles. The summed E-state index contributed by atoms with van der Waals surface area (Å²) in [6.07, 6.45) is 5.18. The molecule has 1 aromatic heterocycles. The van der Waals surface area contributed by atoms with Gasteiger partial charge in [0.05, 0.1) is 0 Å². The van der Waals surface area contributed by atoms with E-state index in [1.807, 2.05) is 23.1 Å². The van der Waals surface area contributed by atoms with Crippen molar-refractivity contribution in [3.05, 3.63) is 60.0 Å². The van der Waals surface area contributed by atoms with Crippen LogP contribution in [-0.4, -0.2) is 35.4 Å². The van der Waals surface area contributed by atoms with Crippen molar-refractivity contribution in [3.63, 3.8) is 0 Å². The molecule has 26 heavy (non-hydrogen) atoms. The lowest BCUT2D eigenvalue weighted by molar-refractivity contribution is -0.138. The highest BCUT2D eigenvalue weighted by Crippen LogP contribution is 2.40. The van der Waals surface area contributed by atoms with Crippen LogP contribution < -0.4 is 4.90 Å². The first-order valence-electron chi connectivity index (χ1n) is 9.32. The minimum atomic E-state index is -0.266. The lowest BCUT2D eigenvalue weighted by Crippen LogP contribution is -2.54. The van der Waals surface area contributed by atoms with Gasteiger partial charge in [-0.1, -0.05) is 30.3 Å². The van der Waals surface area contributed by atoms with Gasteiger partial charge < -0.3 is 9.80 Å². The summed E-state index contributed by atoms with van der Waals surface area (Å²) in [5, 5.41) is 0. The monoisotopic (exact) mass is 353 g/mol. The summed E-state index contributed by atoms with van der Waals surface area (Å²) in [6.45, 7) is 2.98. The highest BCUT2D eigenvalue weighted by atomic mass is 19.1. The number of carbonyl (C=O) groups is 1. The summed E-state index contributed by atoms with van der Waals surface area (Å²) in [6, 6.07) is 13.2. The van der Waals surface area contributed by atoms with E-state index < -0.39 is 0 Å². The van der Waals surface area contributed by atoms with Crippen LogP contribution in [0, 0.1) is 11.2 Å². The Hall–Kier alpha value is -2.43. The van der Waals surface area contributed by atoms with Gasteiger partial charge in [-0.2, -0.15) is 0 Å². The summed E-state index contributed by atoms with van der Waals surface area (Å²) >= 11 is 0. The van der Waals surface area contributed by atoms with E-state index in [9.17, 15) is 9.18 Å². The molecule has 2 aliphatic heterocycles. The van der Waals surface area contributed by atoms with Crippen LogP contribution in [0.15, 0.2) is 48.7 Å². The molecule has 0 bridgehead atoms. The van der Waals surface area contributed by atoms with Crippen LogP contribution in [0.1, 0.15) is 31.2 Å². The van der Waals surface area contributed by atoms with Gasteiger partial charge in [0, 0.05) is 44.2 Å². The summed E-state index contributed by atoms with van der Waals surface area (Å²) in [4.78, 5) is 20.8. The summed E-state index contributed by atoms with van der Waals surface area (Å²) in [5.74, 6) is 0.399. The van der Waals surface area contributed by atoms with Crippen LogP contribution in [0.5, 0.6) is 0 Å². The highest BCUT2D eigenvalue weighted by molar-refractivity contribution is 5.77. The second-order valence-electron chi connectivity index (χ2n) is 7.57. The molecule has 1 aromatic carbocycles. The van der Waals surface area contributed by atoms with E-state index in [0.717, 1.165) is 44.5 Å². The number of halogens is 1. The van der Waals surface area contributed by atoms with Gasteiger partial charge >= 0.3 is 0 Å². The third-order valence-corrected chi connectivity index (χ3v) is 5.66. The molecule has 4 nitrogen and oxygen atoms in total. The van der Waals surface area contributed by atoms with Crippen molar-refractivity contribution in [1.82, 2.24) is 9.88 Å². The number of benzene rings is 1. The van der Waals surface area contributed by atoms with Gasteiger partial charge in [0.1, 0.15) is 0 Å². The average molecular weight is 353 g/mol. The molecule has 2 fully saturated rings. The molecule has 0 aliphatic carbocycles. The van der Waals surface area contributed by atoms with Crippen LogP contribution in [0.2, 0.25) is 0 Å². The number of hydrogen-bond donors (Lipinski definition) is 0. The molecule has 4 rings (SSSR count). The van der Waals surface area contributed by atoms with Crippen LogP contribution >= 0.6 is 0 Å². The van der Waals surface area contributed by atoms with Crippen molar-refractivity contribution in [2.45, 2.75) is 32.2 Å². The van der Waals surface area contributed by atoms with Gasteiger partial charge in [-0.3, -0.25) is 4.79 Å². The van der Waals surface area contributed by atoms with E-state index in [4.69, 9.17) is 0 Å². The van der Waals surface area contributed by atoms with E-state index in [1.165, 1.54) is 6.07 Å². The molecule has 3 heterocycles. The van der Waals surface area contributed by atoms with Gasteiger partial charge in [-0.15, -0.1) is 0 Å². The van der Waals surface area contributed by atoms with Gasteiger partial charge in [-0.05, 0) is 37.0 Å². The van der Waals surface area contributed by atoms with E-state index in [-0.39, 0.29) is 17.1 Å². The first-order chi connectivity index (χ1) is 12.7. The zero-order valence-corrected chi connectivity index (χ0v) is 14.9. The Kier molecular flexibility index (Phi) is 4.62. The van der Waals surface area contributed by atoms with Crippen molar-refractivity contribution in [2.75, 3.05) is 24.5 Å². The Labute approximate surface area is 153 Å². The topological polar surface area (TPSA) is 36.4 Å². The van der Waals surface area contributed by atoms with E-state index in [2.05, 4.69) is 22.0 Å². The van der Waals surface area contributed by atoms with Crippen molar-refractivity contribution >= 4 is 11.7 Å². The summed E-state index contributed by atoms with van der Waals surface area (Å²) in [5.41, 5.74) is 1.19. The maximum absolute atomic E-state index is 14.2. The molecule has 2 saturated heterocycles. The third-order valence-electron chi connectivity index (χ3n) is 5.66. The van der Waals surface area contributed by atoms with Gasteiger partial charge in [-0.25, -0.2) is 9.37 Å². The molecular formula is C21H24FN3O. The van der Waals surface area contributed by atoms with E-state index in [0.29, 0.717) is 18.8 Å². The van der Waals surface area contributed by atoms with Crippen molar-refractivity contribution < 1.29 is 9.18 Å². The number of anilines is 1. The summed E-state index contributed by atoms with van der Waals surface area (Å²) < 4.78 is 14.2. The molecule has 1 amide bonds. The molecule has 2 aliphatic rings. The maximum atomic E-state index is 14.2. The SMILES string of the molecule is O=C1CC[C@@]2(CCCN(c3ncccc3F)C2)CN1Cc1ccccc1. The first-order valence-corrected chi connectivity index (χ1v) is 9.32. The van der Waals surface area contributed by atoms with E-state index in [1.54, 1.807) is 12.3 Å². The number of nitrogens with zero attached hydrogens (tertiary/aromatic N) is 3. The van der Waals surface area contributed by atoms with Crippen molar-refractivity contribution in [3.8, 4) is 0 Å². The van der Waals surface area contributed by atoms with Gasteiger partial charge in [0.25, 0.3) is 0 Å². The smallest absolute Gasteiger partial charge is 0.222 e. The minimum Gasteiger partial charge on any atom is -0.354 e. The Morgan fingerprint density at radius 3 is 2.73 bits per heavy atom. The molecule has 136 valence electrons. The van der Waals surface area contributed by atoms with Crippen LogP contribution in [0.4, 0.5) is 10.2 Å². The molecular weight excluding hydrogens is 329 g/mol. The minimum absolute atomic E-state index is 0.0326. The second-order valence-corrected chi connectivity index (χ2v) is 7.57. The van der Waals surface area contributed by atoms with E-state index >= 15 is 0 Å². The Balaban J connectivity index is 1.52. The lowest BCUT2D eigenvalue weighted by Gasteiger charge is -2.48. The number of rotatable bonds is 3. The Morgan fingerprint density at radius 2 is 1.92 bits per heavy atom. The molecule has 0 radical (unpaired) electrons. The highest BCUT2D eigenvalue weighted by Gasteiger charge is 2.42. The van der Waals surface area contributed by atoms with Crippen LogP contribution in [-0.2, 0) is 11.3 Å². The predicted octanol–water partition coefficient (Wildman–Crippen LogP) is 3.63. The number of pyridine rings is 1. The number of hydrogen-bond acceptors (Lipinski definition) is 3. The first kappa shape index (κ1) is 17.0. The zero-order chi connectivity index (χ0) is 18.0. The fourth-order valence-electron chi connectivity index (χ4n) is 4.38. The Morgan fingerprint density at radius 1 is 1.08 bits per heavy atom. The number of likely N-dealkylation sites (tertiary alicyclic amines) is 1. The van der Waals surface area contributed by atoms with Crippen LogP contribution in [0.25, 0.3) is 0 Å². The van der Waals surface area contributed by atoms with Crippen molar-refractivity contribution in [2.24, 2.45) is 5.41 Å². The average Bonchev–Trinajstić information content (AvgIpc) is 2.66. The molecule has 2 aromatic rings. The molecule has 0 unspecified atom stereocenters. The van der Waals surface area contributed by atoms with Gasteiger partial charge in [0.15, 0.2) is 11.6 Å². The predicted molar refractivity (Wildman–Crippen MR) is 99.2 cm³/mol. The zero-order valence-electron chi connectivity index (χ0n) is 14.9. The lowest BCUT2D eigenvalue weighted by atomic mass is 9.73. The fourth-order valence-corrected chi connectivity index (χ4v) is 4.38. The molecule has 1 spiro atoms. The maximum Gasteiger partial charge on any atom is 0.222 e. The normalized spacial score (nSPS) is 23.5. The number of piperidine rings is 2. The van der Waals surface area contributed by atoms with Gasteiger partial charge in [0.2, 0.25) is 5.91 Å². The summed E-state index contributed by atoms with van der Waals surface area (Å²) in [7, 11) is 0. The Bertz CT molecular complexity index is 782. The molecule has 0 N–H and O–H groups in total. The second kappa shape index (κ2) is 7.06. The third kappa shape index (κ3) is 3.43. The fraction of sp³-hybridized carbons (Fsp3) is 0.429. The van der Waals surface area contributed by atoms with Crippen molar-refractivity contribution in [1.29, 1.82) is 0 Å². The number of aromatic nitrogens is 1. The number of carbonyl (C=O) groups excluding carboxylic acids is 1. The quantitative estimate of drug-likeness (QED) is 0.845. The largest absolute Gasteiger partial charge is 0.354 e. The van der Waals surface area contributed by atoms with Crippen LogP contribution in [0.3, 0.4) is 0 Å². The molecule has 5 heteroatoms. The molecule has 1 atom stereocenters. The number of amides is 1. The standard InChI is InChI=1S/C21H24FN3O/c22-18-8-4-12-23-20(18)24-13-5-10-21(15-24)11-9-19(26)25(16-21)14-17-6-2-1-3-7-17/h1-4,6-8,12H,5,9-11,13-16H2/t21-/m1/s1.